The standard InChI is InChI=1S/C18H32N4S.HI/c1-6-19-18(22-10-8-16(12-22)11-13(2)3)20-9-7-17-14(4)21-15(5)23-17;/h13,16H,6-12H2,1-5H3,(H,19,20);1H. The van der Waals surface area contributed by atoms with Crippen LogP contribution in [-0.4, -0.2) is 42.0 Å². The fraction of sp³-hybridized carbons (Fsp3) is 0.778. The van der Waals surface area contributed by atoms with Crippen molar-refractivity contribution < 1.29 is 0 Å². The van der Waals surface area contributed by atoms with E-state index in [0.717, 1.165) is 55.4 Å². The van der Waals surface area contributed by atoms with Gasteiger partial charge in [-0.2, -0.15) is 0 Å². The van der Waals surface area contributed by atoms with Crippen molar-refractivity contribution in [3.8, 4) is 0 Å². The monoisotopic (exact) mass is 464 g/mol. The predicted octanol–water partition coefficient (Wildman–Crippen LogP) is 4.25. The van der Waals surface area contributed by atoms with Crippen molar-refractivity contribution in [1.29, 1.82) is 0 Å². The Kier molecular flexibility index (Phi) is 9.56. The number of nitrogens with one attached hydrogen (secondary N) is 1. The van der Waals surface area contributed by atoms with Crippen LogP contribution in [0.2, 0.25) is 0 Å². The number of aliphatic imine (C=N–C) groups is 1. The molecule has 1 aromatic rings. The van der Waals surface area contributed by atoms with Crippen LogP contribution in [0.4, 0.5) is 0 Å². The second-order valence-electron chi connectivity index (χ2n) is 6.96. The highest BCUT2D eigenvalue weighted by Gasteiger charge is 2.25. The van der Waals surface area contributed by atoms with Gasteiger partial charge >= 0.3 is 0 Å². The summed E-state index contributed by atoms with van der Waals surface area (Å²) in [4.78, 5) is 13.2. The van der Waals surface area contributed by atoms with Crippen molar-refractivity contribution in [3.05, 3.63) is 15.6 Å². The van der Waals surface area contributed by atoms with Gasteiger partial charge in [0.1, 0.15) is 0 Å². The van der Waals surface area contributed by atoms with E-state index < -0.39 is 0 Å². The quantitative estimate of drug-likeness (QED) is 0.389. The highest BCUT2D eigenvalue weighted by Crippen LogP contribution is 2.23. The topological polar surface area (TPSA) is 40.5 Å². The number of hydrogen-bond acceptors (Lipinski definition) is 3. The van der Waals surface area contributed by atoms with E-state index in [-0.39, 0.29) is 24.0 Å². The smallest absolute Gasteiger partial charge is 0.193 e. The second-order valence-corrected chi connectivity index (χ2v) is 8.25. The van der Waals surface area contributed by atoms with Crippen LogP contribution in [0.3, 0.4) is 0 Å². The Balaban J connectivity index is 0.00000288. The third kappa shape index (κ3) is 6.50. The van der Waals surface area contributed by atoms with Gasteiger partial charge in [-0.1, -0.05) is 13.8 Å². The van der Waals surface area contributed by atoms with E-state index in [0.29, 0.717) is 0 Å². The molecule has 138 valence electrons. The molecule has 1 unspecified atom stereocenters. The van der Waals surface area contributed by atoms with Gasteiger partial charge in [-0.3, -0.25) is 4.99 Å². The Morgan fingerprint density at radius 1 is 1.42 bits per heavy atom. The summed E-state index contributed by atoms with van der Waals surface area (Å²) in [5.41, 5.74) is 1.17. The summed E-state index contributed by atoms with van der Waals surface area (Å²) in [6.45, 7) is 15.0. The zero-order chi connectivity index (χ0) is 16.8. The molecule has 1 fully saturated rings. The molecule has 1 atom stereocenters. The number of nitrogens with zero attached hydrogens (tertiary/aromatic N) is 3. The number of thiazole rings is 1. The molecule has 0 aliphatic carbocycles. The molecule has 0 saturated carbocycles. The van der Waals surface area contributed by atoms with Gasteiger partial charge in [0.2, 0.25) is 0 Å². The van der Waals surface area contributed by atoms with Gasteiger partial charge in [-0.05, 0) is 45.4 Å². The van der Waals surface area contributed by atoms with Crippen LogP contribution in [0.15, 0.2) is 4.99 Å². The van der Waals surface area contributed by atoms with Crippen LogP contribution < -0.4 is 5.32 Å². The number of aromatic nitrogens is 1. The van der Waals surface area contributed by atoms with Gasteiger partial charge in [0.05, 0.1) is 10.7 Å². The summed E-state index contributed by atoms with van der Waals surface area (Å²) in [6, 6.07) is 0. The van der Waals surface area contributed by atoms with E-state index in [4.69, 9.17) is 4.99 Å². The molecule has 1 saturated heterocycles. The van der Waals surface area contributed by atoms with Crippen LogP contribution in [0.1, 0.15) is 49.2 Å². The van der Waals surface area contributed by atoms with Crippen LogP contribution in [0.5, 0.6) is 0 Å². The number of halogens is 1. The van der Waals surface area contributed by atoms with Gasteiger partial charge < -0.3 is 10.2 Å². The highest BCUT2D eigenvalue weighted by atomic mass is 127. The minimum atomic E-state index is 0. The van der Waals surface area contributed by atoms with Crippen LogP contribution in [0, 0.1) is 25.7 Å². The molecule has 24 heavy (non-hydrogen) atoms. The van der Waals surface area contributed by atoms with Crippen LogP contribution in [0.25, 0.3) is 0 Å². The Morgan fingerprint density at radius 2 is 2.17 bits per heavy atom. The molecule has 0 aromatic carbocycles. The first-order valence-corrected chi connectivity index (χ1v) is 9.77. The zero-order valence-electron chi connectivity index (χ0n) is 15.8. The maximum Gasteiger partial charge on any atom is 0.193 e. The van der Waals surface area contributed by atoms with Crippen molar-refractivity contribution in [2.45, 2.75) is 53.9 Å². The number of guanidine groups is 1. The van der Waals surface area contributed by atoms with Crippen LogP contribution >= 0.6 is 35.3 Å². The molecule has 1 N–H and O–H groups in total. The van der Waals surface area contributed by atoms with Gasteiger partial charge in [0.15, 0.2) is 5.96 Å². The molecular formula is C18H33IN4S. The summed E-state index contributed by atoms with van der Waals surface area (Å²) >= 11 is 1.80. The van der Waals surface area contributed by atoms with Crippen molar-refractivity contribution in [1.82, 2.24) is 15.2 Å². The summed E-state index contributed by atoms with van der Waals surface area (Å²) in [5, 5.41) is 4.63. The fourth-order valence-corrected chi connectivity index (χ4v) is 4.30. The minimum Gasteiger partial charge on any atom is -0.357 e. The molecule has 2 heterocycles. The van der Waals surface area contributed by atoms with E-state index in [1.807, 2.05) is 0 Å². The van der Waals surface area contributed by atoms with E-state index in [1.54, 1.807) is 11.3 Å². The molecule has 0 radical (unpaired) electrons. The maximum absolute atomic E-state index is 4.87. The van der Waals surface area contributed by atoms with E-state index in [9.17, 15) is 0 Å². The third-order valence-corrected chi connectivity index (χ3v) is 5.46. The molecule has 2 rings (SSSR count). The molecule has 0 amide bonds. The molecule has 4 nitrogen and oxygen atoms in total. The van der Waals surface area contributed by atoms with Crippen molar-refractivity contribution in [2.75, 3.05) is 26.2 Å². The average Bonchev–Trinajstić information content (AvgIpc) is 3.04. The zero-order valence-corrected chi connectivity index (χ0v) is 18.9. The SMILES string of the molecule is CCNC(=NCCc1sc(C)nc1C)N1CCC(CC(C)C)C1.I. The lowest BCUT2D eigenvalue weighted by molar-refractivity contribution is 0.403. The first kappa shape index (κ1) is 21.7. The minimum absolute atomic E-state index is 0. The van der Waals surface area contributed by atoms with Gasteiger partial charge in [-0.25, -0.2) is 4.98 Å². The Hall–Kier alpha value is -0.370. The first-order chi connectivity index (χ1) is 11.0. The first-order valence-electron chi connectivity index (χ1n) is 8.95. The summed E-state index contributed by atoms with van der Waals surface area (Å²) in [5.74, 6) is 2.71. The van der Waals surface area contributed by atoms with Gasteiger partial charge in [0, 0.05) is 37.5 Å². The second kappa shape index (κ2) is 10.6. The molecule has 0 spiro atoms. The number of rotatable bonds is 6. The fourth-order valence-electron chi connectivity index (χ4n) is 3.38. The number of aryl methyl sites for hydroxylation is 2. The number of hydrogen-bond donors (Lipinski definition) is 1. The lowest BCUT2D eigenvalue weighted by atomic mass is 9.97. The highest BCUT2D eigenvalue weighted by molar-refractivity contribution is 14.0. The summed E-state index contributed by atoms with van der Waals surface area (Å²) < 4.78 is 0. The maximum atomic E-state index is 4.87. The molecule has 1 aliphatic heterocycles. The molecular weight excluding hydrogens is 431 g/mol. The predicted molar refractivity (Wildman–Crippen MR) is 116 cm³/mol. The van der Waals surface area contributed by atoms with Gasteiger partial charge in [0.25, 0.3) is 0 Å². The van der Waals surface area contributed by atoms with Crippen LogP contribution in [-0.2, 0) is 6.42 Å². The van der Waals surface area contributed by atoms with Crippen molar-refractivity contribution in [3.63, 3.8) is 0 Å². The lowest BCUT2D eigenvalue weighted by Crippen LogP contribution is -2.40. The number of likely N-dealkylation sites (tertiary alicyclic amines) is 1. The van der Waals surface area contributed by atoms with E-state index in [1.165, 1.54) is 23.4 Å². The van der Waals surface area contributed by atoms with Crippen molar-refractivity contribution >= 4 is 41.3 Å². The van der Waals surface area contributed by atoms with E-state index in [2.05, 4.69) is 49.8 Å². The Labute approximate surface area is 168 Å². The van der Waals surface area contributed by atoms with Crippen molar-refractivity contribution in [2.24, 2.45) is 16.8 Å². The third-order valence-electron chi connectivity index (χ3n) is 4.33. The van der Waals surface area contributed by atoms with E-state index >= 15 is 0 Å². The summed E-state index contributed by atoms with van der Waals surface area (Å²) in [7, 11) is 0. The molecule has 1 aromatic heterocycles. The Morgan fingerprint density at radius 3 is 2.75 bits per heavy atom. The largest absolute Gasteiger partial charge is 0.357 e. The summed E-state index contributed by atoms with van der Waals surface area (Å²) in [6.07, 6.45) is 3.63. The lowest BCUT2D eigenvalue weighted by Gasteiger charge is -2.22. The normalized spacial score (nSPS) is 18.2. The molecule has 1 aliphatic rings. The van der Waals surface area contributed by atoms with Gasteiger partial charge in [-0.15, -0.1) is 35.3 Å². The molecule has 6 heteroatoms. The Bertz CT molecular complexity index is 527. The molecule has 0 bridgehead atoms. The average molecular weight is 464 g/mol.